The van der Waals surface area contributed by atoms with E-state index in [9.17, 15) is 4.79 Å². The number of aryl methyl sites for hydroxylation is 1. The number of rotatable bonds is 6. The van der Waals surface area contributed by atoms with E-state index in [2.05, 4.69) is 10.3 Å². The maximum absolute atomic E-state index is 13.1. The van der Waals surface area contributed by atoms with Crippen LogP contribution < -0.4 is 5.32 Å². The number of amides is 1. The maximum atomic E-state index is 13.1. The van der Waals surface area contributed by atoms with Gasteiger partial charge in [0, 0.05) is 30.0 Å². The van der Waals surface area contributed by atoms with Crippen molar-refractivity contribution in [3.8, 4) is 0 Å². The highest BCUT2D eigenvalue weighted by molar-refractivity contribution is 5.95. The fourth-order valence-electron chi connectivity index (χ4n) is 2.92. The van der Waals surface area contributed by atoms with Crippen molar-refractivity contribution in [2.24, 2.45) is 0 Å². The van der Waals surface area contributed by atoms with Crippen molar-refractivity contribution in [1.82, 2.24) is 9.88 Å². The summed E-state index contributed by atoms with van der Waals surface area (Å²) in [7, 11) is 0. The topological polar surface area (TPSA) is 45.2 Å². The number of aromatic nitrogens is 1. The third-order valence-corrected chi connectivity index (χ3v) is 4.49. The molecule has 1 heterocycles. The van der Waals surface area contributed by atoms with E-state index in [0.29, 0.717) is 17.9 Å². The molecular weight excluding hydrogens is 334 g/mol. The summed E-state index contributed by atoms with van der Waals surface area (Å²) in [6.07, 6.45) is 1.68. The molecule has 1 amide bonds. The first-order valence-electron chi connectivity index (χ1n) is 9.18. The highest BCUT2D eigenvalue weighted by Gasteiger charge is 2.19. The van der Waals surface area contributed by atoms with Gasteiger partial charge in [-0.05, 0) is 50.1 Å². The summed E-state index contributed by atoms with van der Waals surface area (Å²) in [4.78, 5) is 19.4. The van der Waals surface area contributed by atoms with Gasteiger partial charge < -0.3 is 10.2 Å². The first-order chi connectivity index (χ1) is 13.0. The van der Waals surface area contributed by atoms with Crippen LogP contribution in [0.4, 0.5) is 11.5 Å². The highest BCUT2D eigenvalue weighted by Crippen LogP contribution is 2.20. The van der Waals surface area contributed by atoms with Crippen molar-refractivity contribution in [1.29, 1.82) is 0 Å². The van der Waals surface area contributed by atoms with Crippen LogP contribution in [-0.4, -0.2) is 21.8 Å². The van der Waals surface area contributed by atoms with Crippen LogP contribution in [0, 0.1) is 6.92 Å². The number of hydrogen-bond donors (Lipinski definition) is 1. The van der Waals surface area contributed by atoms with E-state index in [-0.39, 0.29) is 11.9 Å². The molecule has 3 rings (SSSR count). The third kappa shape index (κ3) is 4.73. The van der Waals surface area contributed by atoms with Gasteiger partial charge in [0.1, 0.15) is 5.82 Å². The second kappa shape index (κ2) is 8.49. The summed E-state index contributed by atoms with van der Waals surface area (Å²) < 4.78 is 0. The van der Waals surface area contributed by atoms with Gasteiger partial charge in [-0.3, -0.25) is 4.79 Å². The van der Waals surface area contributed by atoms with Gasteiger partial charge in [-0.25, -0.2) is 4.98 Å². The monoisotopic (exact) mass is 359 g/mol. The molecule has 0 aliphatic rings. The number of benzene rings is 2. The Bertz CT molecular complexity index is 906. The molecule has 138 valence electrons. The molecule has 2 aromatic carbocycles. The van der Waals surface area contributed by atoms with E-state index in [1.807, 2.05) is 86.3 Å². The molecule has 0 saturated heterocycles. The van der Waals surface area contributed by atoms with Crippen LogP contribution in [-0.2, 0) is 6.54 Å². The van der Waals surface area contributed by atoms with E-state index in [0.717, 1.165) is 16.8 Å². The molecule has 0 radical (unpaired) electrons. The predicted octanol–water partition coefficient (Wildman–Crippen LogP) is 5.18. The number of carbonyl (C=O) groups is 1. The Morgan fingerprint density at radius 2 is 1.74 bits per heavy atom. The summed E-state index contributed by atoms with van der Waals surface area (Å²) >= 11 is 0. The summed E-state index contributed by atoms with van der Waals surface area (Å²) in [5.74, 6) is 0.669. The Balaban J connectivity index is 1.81. The summed E-state index contributed by atoms with van der Waals surface area (Å²) in [5.41, 5.74) is 3.86. The minimum absolute atomic E-state index is 0.00378. The molecule has 0 fully saturated rings. The van der Waals surface area contributed by atoms with Crippen LogP contribution in [0.1, 0.15) is 35.3 Å². The van der Waals surface area contributed by atoms with Crippen molar-refractivity contribution in [2.75, 3.05) is 5.32 Å². The molecule has 4 nitrogen and oxygen atoms in total. The summed E-state index contributed by atoms with van der Waals surface area (Å²) in [6.45, 7) is 6.70. The fourth-order valence-corrected chi connectivity index (χ4v) is 2.92. The van der Waals surface area contributed by atoms with Crippen molar-refractivity contribution in [3.63, 3.8) is 0 Å². The van der Waals surface area contributed by atoms with Gasteiger partial charge >= 0.3 is 0 Å². The van der Waals surface area contributed by atoms with Crippen molar-refractivity contribution >= 4 is 17.4 Å². The molecule has 0 spiro atoms. The van der Waals surface area contributed by atoms with Crippen molar-refractivity contribution < 1.29 is 4.79 Å². The van der Waals surface area contributed by atoms with E-state index in [1.54, 1.807) is 12.3 Å². The van der Waals surface area contributed by atoms with Crippen LogP contribution in [0.5, 0.6) is 0 Å². The Morgan fingerprint density at radius 1 is 1.04 bits per heavy atom. The Kier molecular flexibility index (Phi) is 5.87. The standard InChI is InChI=1S/C23H25N3O/c1-17(2)26(16-19-10-5-4-6-11-19)23(27)20-13-14-24-22(15-20)25-21-12-8-7-9-18(21)3/h4-15,17H,16H2,1-3H3,(H,24,25). The van der Waals surface area contributed by atoms with Crippen LogP contribution >= 0.6 is 0 Å². The van der Waals surface area contributed by atoms with Crippen LogP contribution in [0.3, 0.4) is 0 Å². The molecule has 1 N–H and O–H groups in total. The van der Waals surface area contributed by atoms with E-state index in [1.165, 1.54) is 0 Å². The van der Waals surface area contributed by atoms with Gasteiger partial charge in [0.05, 0.1) is 0 Å². The van der Waals surface area contributed by atoms with Crippen molar-refractivity contribution in [3.05, 3.63) is 89.6 Å². The first kappa shape index (κ1) is 18.6. The predicted molar refractivity (Wildman–Crippen MR) is 110 cm³/mol. The minimum atomic E-state index is 0.00378. The van der Waals surface area contributed by atoms with E-state index in [4.69, 9.17) is 0 Å². The fraction of sp³-hybridized carbons (Fsp3) is 0.217. The molecule has 1 aromatic heterocycles. The SMILES string of the molecule is Cc1ccccc1Nc1cc(C(=O)N(Cc2ccccc2)C(C)C)ccn1. The van der Waals surface area contributed by atoms with E-state index < -0.39 is 0 Å². The molecule has 0 atom stereocenters. The van der Waals surface area contributed by atoms with Gasteiger partial charge in [0.15, 0.2) is 0 Å². The number of carbonyl (C=O) groups excluding carboxylic acids is 1. The van der Waals surface area contributed by atoms with E-state index >= 15 is 0 Å². The molecule has 0 aliphatic heterocycles. The zero-order chi connectivity index (χ0) is 19.2. The molecule has 3 aromatic rings. The molecule has 0 bridgehead atoms. The lowest BCUT2D eigenvalue weighted by Crippen LogP contribution is -2.36. The first-order valence-corrected chi connectivity index (χ1v) is 9.18. The number of para-hydroxylation sites is 1. The normalized spacial score (nSPS) is 10.7. The van der Waals surface area contributed by atoms with Gasteiger partial charge in [-0.15, -0.1) is 0 Å². The van der Waals surface area contributed by atoms with Crippen LogP contribution in [0.15, 0.2) is 72.9 Å². The number of nitrogens with zero attached hydrogens (tertiary/aromatic N) is 2. The third-order valence-electron chi connectivity index (χ3n) is 4.49. The van der Waals surface area contributed by atoms with Gasteiger partial charge in [0.25, 0.3) is 5.91 Å². The zero-order valence-corrected chi connectivity index (χ0v) is 16.0. The Hall–Kier alpha value is -3.14. The average molecular weight is 359 g/mol. The van der Waals surface area contributed by atoms with Gasteiger partial charge in [-0.2, -0.15) is 0 Å². The molecule has 4 heteroatoms. The molecule has 27 heavy (non-hydrogen) atoms. The Labute approximate surface area is 160 Å². The molecule has 0 saturated carbocycles. The largest absolute Gasteiger partial charge is 0.340 e. The quantitative estimate of drug-likeness (QED) is 0.659. The number of nitrogens with one attached hydrogen (secondary N) is 1. The second-order valence-electron chi connectivity index (χ2n) is 6.88. The molecular formula is C23H25N3O. The number of hydrogen-bond acceptors (Lipinski definition) is 3. The lowest BCUT2D eigenvalue weighted by Gasteiger charge is -2.27. The summed E-state index contributed by atoms with van der Waals surface area (Å²) in [5, 5.41) is 3.30. The maximum Gasteiger partial charge on any atom is 0.254 e. The number of pyridine rings is 1. The highest BCUT2D eigenvalue weighted by atomic mass is 16.2. The van der Waals surface area contributed by atoms with Gasteiger partial charge in [-0.1, -0.05) is 48.5 Å². The zero-order valence-electron chi connectivity index (χ0n) is 16.0. The van der Waals surface area contributed by atoms with Crippen molar-refractivity contribution in [2.45, 2.75) is 33.4 Å². The molecule has 0 aliphatic carbocycles. The minimum Gasteiger partial charge on any atom is -0.340 e. The lowest BCUT2D eigenvalue weighted by atomic mass is 10.1. The Morgan fingerprint density at radius 3 is 2.44 bits per heavy atom. The average Bonchev–Trinajstić information content (AvgIpc) is 2.68. The molecule has 0 unspecified atom stereocenters. The lowest BCUT2D eigenvalue weighted by molar-refractivity contribution is 0.0690. The van der Waals surface area contributed by atoms with Crippen LogP contribution in [0.2, 0.25) is 0 Å². The smallest absolute Gasteiger partial charge is 0.254 e. The summed E-state index contributed by atoms with van der Waals surface area (Å²) in [6, 6.07) is 21.8. The number of anilines is 2. The van der Waals surface area contributed by atoms with Crippen LogP contribution in [0.25, 0.3) is 0 Å². The second-order valence-corrected chi connectivity index (χ2v) is 6.88. The van der Waals surface area contributed by atoms with Gasteiger partial charge in [0.2, 0.25) is 0 Å².